The summed E-state index contributed by atoms with van der Waals surface area (Å²) < 4.78 is 5.49. The van der Waals surface area contributed by atoms with Crippen LogP contribution < -0.4 is 10.6 Å². The highest BCUT2D eigenvalue weighted by Gasteiger charge is 2.10. The molecule has 0 aliphatic carbocycles. The molecule has 2 N–H and O–H groups in total. The van der Waals surface area contributed by atoms with Crippen LogP contribution in [0.1, 0.15) is 53.4 Å². The summed E-state index contributed by atoms with van der Waals surface area (Å²) in [5, 5.41) is 6.12. The summed E-state index contributed by atoms with van der Waals surface area (Å²) in [6.45, 7) is 11.4. The van der Waals surface area contributed by atoms with Gasteiger partial charge in [-0.3, -0.25) is 4.79 Å². The van der Waals surface area contributed by atoms with Gasteiger partial charge in [0.15, 0.2) is 0 Å². The molecule has 114 valence electrons. The molecule has 0 saturated heterocycles. The van der Waals surface area contributed by atoms with Gasteiger partial charge >= 0.3 is 0 Å². The van der Waals surface area contributed by atoms with Gasteiger partial charge in [0.05, 0.1) is 12.6 Å². The number of nitrogens with one attached hydrogen (secondary N) is 2. The van der Waals surface area contributed by atoms with Gasteiger partial charge in [-0.2, -0.15) is 0 Å². The normalized spacial score (nSPS) is 12.7. The summed E-state index contributed by atoms with van der Waals surface area (Å²) in [5.41, 5.74) is 0. The summed E-state index contributed by atoms with van der Waals surface area (Å²) in [6, 6.07) is -0.143. The Balaban J connectivity index is 3.41. The van der Waals surface area contributed by atoms with E-state index in [1.165, 1.54) is 12.8 Å². The predicted octanol–water partition coefficient (Wildman–Crippen LogP) is 2.33. The smallest absolute Gasteiger partial charge is 0.236 e. The SMILES string of the molecule is CCCCCNC(=O)C(C)NCCOCCC(C)C. The van der Waals surface area contributed by atoms with Gasteiger partial charge in [0.25, 0.3) is 0 Å². The maximum Gasteiger partial charge on any atom is 0.236 e. The van der Waals surface area contributed by atoms with E-state index in [1.54, 1.807) is 0 Å². The van der Waals surface area contributed by atoms with Crippen molar-refractivity contribution in [1.29, 1.82) is 0 Å². The average Bonchev–Trinajstić information content (AvgIpc) is 2.37. The summed E-state index contributed by atoms with van der Waals surface area (Å²) in [7, 11) is 0. The van der Waals surface area contributed by atoms with Gasteiger partial charge in [-0.1, -0.05) is 33.6 Å². The van der Waals surface area contributed by atoms with Crippen molar-refractivity contribution in [2.24, 2.45) is 5.92 Å². The first-order chi connectivity index (χ1) is 9.07. The van der Waals surface area contributed by atoms with Gasteiger partial charge in [-0.15, -0.1) is 0 Å². The lowest BCUT2D eigenvalue weighted by Crippen LogP contribution is -2.43. The second-order valence-electron chi connectivity index (χ2n) is 5.47. The summed E-state index contributed by atoms with van der Waals surface area (Å²) in [5.74, 6) is 0.763. The van der Waals surface area contributed by atoms with Crippen LogP contribution in [-0.2, 0) is 9.53 Å². The molecule has 1 unspecified atom stereocenters. The first-order valence-corrected chi connectivity index (χ1v) is 7.66. The van der Waals surface area contributed by atoms with Gasteiger partial charge in [0.1, 0.15) is 0 Å². The molecule has 19 heavy (non-hydrogen) atoms. The number of amides is 1. The molecule has 0 aromatic rings. The Hall–Kier alpha value is -0.610. The van der Waals surface area contributed by atoms with Crippen molar-refractivity contribution >= 4 is 5.91 Å². The third-order valence-corrected chi connectivity index (χ3v) is 3.01. The van der Waals surface area contributed by atoms with E-state index in [2.05, 4.69) is 31.4 Å². The lowest BCUT2D eigenvalue weighted by Gasteiger charge is -2.14. The van der Waals surface area contributed by atoms with Gasteiger partial charge < -0.3 is 15.4 Å². The number of carbonyl (C=O) groups is 1. The Morgan fingerprint density at radius 3 is 2.47 bits per heavy atom. The number of carbonyl (C=O) groups excluding carboxylic acids is 1. The maximum atomic E-state index is 11.7. The molecule has 0 fully saturated rings. The zero-order valence-electron chi connectivity index (χ0n) is 13.1. The molecule has 0 bridgehead atoms. The molecule has 0 aliphatic rings. The van der Waals surface area contributed by atoms with Crippen molar-refractivity contribution in [2.75, 3.05) is 26.3 Å². The van der Waals surface area contributed by atoms with E-state index in [9.17, 15) is 4.79 Å². The highest BCUT2D eigenvalue weighted by atomic mass is 16.5. The molecule has 0 aromatic carbocycles. The number of hydrogen-bond donors (Lipinski definition) is 2. The highest BCUT2D eigenvalue weighted by Crippen LogP contribution is 1.98. The Morgan fingerprint density at radius 2 is 1.84 bits per heavy atom. The topological polar surface area (TPSA) is 50.4 Å². The van der Waals surface area contributed by atoms with E-state index in [4.69, 9.17) is 4.74 Å². The van der Waals surface area contributed by atoms with Crippen molar-refractivity contribution in [1.82, 2.24) is 10.6 Å². The first kappa shape index (κ1) is 18.4. The van der Waals surface area contributed by atoms with Crippen LogP contribution in [0.3, 0.4) is 0 Å². The Labute approximate surface area is 118 Å². The van der Waals surface area contributed by atoms with E-state index in [-0.39, 0.29) is 11.9 Å². The molecular weight excluding hydrogens is 240 g/mol. The Kier molecular flexibility index (Phi) is 12.0. The Bertz CT molecular complexity index is 220. The summed E-state index contributed by atoms with van der Waals surface area (Å²) in [4.78, 5) is 11.7. The predicted molar refractivity (Wildman–Crippen MR) is 80.3 cm³/mol. The fourth-order valence-electron chi connectivity index (χ4n) is 1.60. The molecule has 0 aromatic heterocycles. The standard InChI is InChI=1S/C15H32N2O2/c1-5-6-7-9-17-15(18)14(4)16-10-12-19-11-8-13(2)3/h13-14,16H,5-12H2,1-4H3,(H,17,18). The average molecular weight is 272 g/mol. The minimum Gasteiger partial charge on any atom is -0.380 e. The second-order valence-corrected chi connectivity index (χ2v) is 5.47. The second kappa shape index (κ2) is 12.4. The molecule has 0 spiro atoms. The van der Waals surface area contributed by atoms with E-state index in [0.717, 1.165) is 32.5 Å². The maximum absolute atomic E-state index is 11.7. The van der Waals surface area contributed by atoms with Gasteiger partial charge in [0.2, 0.25) is 5.91 Å². The first-order valence-electron chi connectivity index (χ1n) is 7.66. The summed E-state index contributed by atoms with van der Waals surface area (Å²) >= 11 is 0. The quantitative estimate of drug-likeness (QED) is 0.536. The van der Waals surface area contributed by atoms with Crippen LogP contribution in [0.4, 0.5) is 0 Å². The highest BCUT2D eigenvalue weighted by molar-refractivity contribution is 5.81. The number of rotatable bonds is 12. The third-order valence-electron chi connectivity index (χ3n) is 3.01. The molecule has 0 radical (unpaired) electrons. The molecule has 4 nitrogen and oxygen atoms in total. The van der Waals surface area contributed by atoms with Crippen LogP contribution in [0, 0.1) is 5.92 Å². The minimum absolute atomic E-state index is 0.0817. The molecule has 0 saturated carbocycles. The van der Waals surface area contributed by atoms with Crippen LogP contribution in [0.25, 0.3) is 0 Å². The van der Waals surface area contributed by atoms with E-state index in [1.807, 2.05) is 6.92 Å². The van der Waals surface area contributed by atoms with Gasteiger partial charge in [-0.25, -0.2) is 0 Å². The van der Waals surface area contributed by atoms with Crippen LogP contribution in [0.2, 0.25) is 0 Å². The molecule has 1 atom stereocenters. The molecule has 0 aliphatic heterocycles. The van der Waals surface area contributed by atoms with E-state index >= 15 is 0 Å². The van der Waals surface area contributed by atoms with Gasteiger partial charge in [-0.05, 0) is 25.7 Å². The van der Waals surface area contributed by atoms with Crippen LogP contribution in [-0.4, -0.2) is 38.3 Å². The number of ether oxygens (including phenoxy) is 1. The lowest BCUT2D eigenvalue weighted by molar-refractivity contribution is -0.122. The van der Waals surface area contributed by atoms with Crippen molar-refractivity contribution in [3.63, 3.8) is 0 Å². The zero-order valence-corrected chi connectivity index (χ0v) is 13.1. The fraction of sp³-hybridized carbons (Fsp3) is 0.933. The molecule has 1 amide bonds. The van der Waals surface area contributed by atoms with Crippen LogP contribution in [0.5, 0.6) is 0 Å². The molecule has 0 rings (SSSR count). The largest absolute Gasteiger partial charge is 0.380 e. The van der Waals surface area contributed by atoms with Crippen molar-refractivity contribution in [3.05, 3.63) is 0 Å². The minimum atomic E-state index is -0.143. The van der Waals surface area contributed by atoms with Crippen molar-refractivity contribution in [3.8, 4) is 0 Å². The monoisotopic (exact) mass is 272 g/mol. The van der Waals surface area contributed by atoms with Crippen LogP contribution >= 0.6 is 0 Å². The number of unbranched alkanes of at least 4 members (excludes halogenated alkanes) is 2. The molecular formula is C15H32N2O2. The van der Waals surface area contributed by atoms with E-state index in [0.29, 0.717) is 12.5 Å². The molecule has 4 heteroatoms. The third kappa shape index (κ3) is 12.2. The van der Waals surface area contributed by atoms with Gasteiger partial charge in [0, 0.05) is 19.7 Å². The number of hydrogen-bond acceptors (Lipinski definition) is 3. The summed E-state index contributed by atoms with van der Waals surface area (Å²) in [6.07, 6.45) is 4.50. The van der Waals surface area contributed by atoms with Crippen molar-refractivity contribution in [2.45, 2.75) is 59.4 Å². The lowest BCUT2D eigenvalue weighted by atomic mass is 10.1. The Morgan fingerprint density at radius 1 is 1.11 bits per heavy atom. The van der Waals surface area contributed by atoms with Crippen LogP contribution in [0.15, 0.2) is 0 Å². The fourth-order valence-corrected chi connectivity index (χ4v) is 1.60. The van der Waals surface area contributed by atoms with E-state index < -0.39 is 0 Å². The zero-order chi connectivity index (χ0) is 14.5. The molecule has 0 heterocycles. The van der Waals surface area contributed by atoms with Crippen molar-refractivity contribution < 1.29 is 9.53 Å².